The van der Waals surface area contributed by atoms with Crippen LogP contribution in [0.2, 0.25) is 0 Å². The number of likely N-dealkylation sites (N-methyl/N-ethyl adjacent to an activating group) is 1. The molecule has 1 N–H and O–H groups in total. The molecule has 5 nitrogen and oxygen atoms in total. The van der Waals surface area contributed by atoms with E-state index in [1.165, 1.54) is 36.2 Å². The Morgan fingerprint density at radius 1 is 0.939 bits per heavy atom. The number of halogens is 1. The maximum Gasteiger partial charge on any atom is 0.407 e. The molecule has 6 heteroatoms. The number of alkyl carbamates (subject to hydrolysis) is 1. The molecule has 1 aliphatic carbocycles. The van der Waals surface area contributed by atoms with Crippen molar-refractivity contribution in [2.24, 2.45) is 0 Å². The van der Waals surface area contributed by atoms with E-state index in [1.807, 2.05) is 48.5 Å². The van der Waals surface area contributed by atoms with Gasteiger partial charge in [-0.15, -0.1) is 9.60 Å². The van der Waals surface area contributed by atoms with Crippen molar-refractivity contribution in [1.82, 2.24) is 10.4 Å². The van der Waals surface area contributed by atoms with E-state index in [9.17, 15) is 14.1 Å². The molecular formula is C27H27FN2O3. The van der Waals surface area contributed by atoms with Gasteiger partial charge < -0.3 is 10.1 Å². The van der Waals surface area contributed by atoms with Crippen molar-refractivity contribution in [1.29, 1.82) is 0 Å². The fourth-order valence-electron chi connectivity index (χ4n) is 4.36. The fraction of sp³-hybridized carbons (Fsp3) is 0.259. The molecule has 0 heterocycles. The molecule has 170 valence electrons. The lowest BCUT2D eigenvalue weighted by molar-refractivity contribution is -0.127. The second kappa shape index (κ2) is 9.96. The summed E-state index contributed by atoms with van der Waals surface area (Å²) in [5, 5.41) is 3.22. The van der Waals surface area contributed by atoms with Crippen LogP contribution in [0.1, 0.15) is 35.1 Å². The van der Waals surface area contributed by atoms with Crippen LogP contribution in [0.3, 0.4) is 0 Å². The minimum absolute atomic E-state index is 0.0188. The van der Waals surface area contributed by atoms with E-state index in [0.717, 1.165) is 11.1 Å². The maximum absolute atomic E-state index is 13.5. The van der Waals surface area contributed by atoms with E-state index < -0.39 is 12.1 Å². The zero-order chi connectivity index (χ0) is 23.4. The van der Waals surface area contributed by atoms with Crippen molar-refractivity contribution in [2.45, 2.75) is 31.8 Å². The number of ketones is 1. The van der Waals surface area contributed by atoms with Crippen LogP contribution in [-0.2, 0) is 22.5 Å². The monoisotopic (exact) mass is 446 g/mol. The first-order valence-corrected chi connectivity index (χ1v) is 11.0. The number of rotatable bonds is 8. The number of carbonyl (C=O) groups is 2. The Kier molecular flexibility index (Phi) is 6.84. The first kappa shape index (κ1) is 22.7. The topological polar surface area (TPSA) is 58.6 Å². The zero-order valence-electron chi connectivity index (χ0n) is 18.8. The summed E-state index contributed by atoms with van der Waals surface area (Å²) in [5.41, 5.74) is 6.46. The van der Waals surface area contributed by atoms with Crippen LogP contribution in [0.15, 0.2) is 72.8 Å². The average Bonchev–Trinajstić information content (AvgIpc) is 3.14. The molecule has 3 aromatic carbocycles. The van der Waals surface area contributed by atoms with Crippen molar-refractivity contribution < 1.29 is 18.8 Å². The third-order valence-corrected chi connectivity index (χ3v) is 6.13. The number of amides is 1. The summed E-state index contributed by atoms with van der Waals surface area (Å²) in [4.78, 5) is 23.9. The standard InChI is InChI=1S/C27H27FN2O3/c1-18(31)26(30(2)28)15-19-11-13-20(14-12-19)16-29-27(32)33-17-25-23-9-5-3-7-21(23)22-8-4-6-10-24(22)25/h3-14,25-26H,15-17H2,1-2H3,(H,29,32). The Balaban J connectivity index is 1.31. The Morgan fingerprint density at radius 2 is 1.48 bits per heavy atom. The highest BCUT2D eigenvalue weighted by Crippen LogP contribution is 2.44. The van der Waals surface area contributed by atoms with Crippen LogP contribution in [0.4, 0.5) is 9.28 Å². The zero-order valence-corrected chi connectivity index (χ0v) is 18.8. The van der Waals surface area contributed by atoms with Gasteiger partial charge in [0.25, 0.3) is 0 Å². The van der Waals surface area contributed by atoms with Gasteiger partial charge in [0, 0.05) is 19.5 Å². The SMILES string of the molecule is CC(=O)C(Cc1ccc(CNC(=O)OCC2c3ccccc3-c3ccccc32)cc1)N(C)F. The fourth-order valence-corrected chi connectivity index (χ4v) is 4.36. The first-order valence-electron chi connectivity index (χ1n) is 11.0. The number of nitrogens with zero attached hydrogens (tertiary/aromatic N) is 1. The minimum Gasteiger partial charge on any atom is -0.449 e. The van der Waals surface area contributed by atoms with E-state index in [2.05, 4.69) is 29.6 Å². The van der Waals surface area contributed by atoms with Crippen molar-refractivity contribution in [3.63, 3.8) is 0 Å². The molecule has 1 aliphatic rings. The van der Waals surface area contributed by atoms with Crippen molar-refractivity contribution in [3.05, 3.63) is 95.1 Å². The van der Waals surface area contributed by atoms with Gasteiger partial charge in [0.05, 0.1) is 0 Å². The van der Waals surface area contributed by atoms with E-state index in [-0.39, 0.29) is 18.3 Å². The van der Waals surface area contributed by atoms with Gasteiger partial charge in [-0.05, 0) is 46.7 Å². The second-order valence-corrected chi connectivity index (χ2v) is 8.35. The Hall–Kier alpha value is -3.51. The molecule has 0 aliphatic heterocycles. The Morgan fingerprint density at radius 3 is 2.03 bits per heavy atom. The smallest absolute Gasteiger partial charge is 0.407 e. The van der Waals surface area contributed by atoms with Gasteiger partial charge in [-0.25, -0.2) is 4.79 Å². The van der Waals surface area contributed by atoms with E-state index in [0.29, 0.717) is 18.1 Å². The quantitative estimate of drug-likeness (QED) is 0.493. The van der Waals surface area contributed by atoms with Gasteiger partial charge in [0.2, 0.25) is 0 Å². The predicted molar refractivity (Wildman–Crippen MR) is 125 cm³/mol. The van der Waals surface area contributed by atoms with Gasteiger partial charge in [-0.2, -0.15) is 0 Å². The third-order valence-electron chi connectivity index (χ3n) is 6.13. The van der Waals surface area contributed by atoms with Crippen LogP contribution in [0.5, 0.6) is 0 Å². The summed E-state index contributed by atoms with van der Waals surface area (Å²) in [6, 6.07) is 23.0. The molecule has 3 aromatic rings. The summed E-state index contributed by atoms with van der Waals surface area (Å²) in [6.45, 7) is 1.96. The molecule has 0 saturated carbocycles. The molecule has 0 bridgehead atoms. The van der Waals surface area contributed by atoms with Crippen LogP contribution < -0.4 is 5.32 Å². The van der Waals surface area contributed by atoms with Crippen LogP contribution in [0, 0.1) is 0 Å². The first-order chi connectivity index (χ1) is 15.9. The lowest BCUT2D eigenvalue weighted by atomic mass is 9.98. The van der Waals surface area contributed by atoms with Crippen molar-refractivity contribution >= 4 is 11.9 Å². The summed E-state index contributed by atoms with van der Waals surface area (Å²) in [5.74, 6) is -0.203. The van der Waals surface area contributed by atoms with E-state index in [4.69, 9.17) is 4.74 Å². The van der Waals surface area contributed by atoms with Gasteiger partial charge in [-0.3, -0.25) is 4.79 Å². The average molecular weight is 447 g/mol. The largest absolute Gasteiger partial charge is 0.449 e. The molecule has 1 unspecified atom stereocenters. The molecular weight excluding hydrogens is 419 g/mol. The summed E-state index contributed by atoms with van der Waals surface area (Å²) in [7, 11) is 1.25. The third kappa shape index (κ3) is 5.12. The van der Waals surface area contributed by atoms with Crippen LogP contribution in [0.25, 0.3) is 11.1 Å². The predicted octanol–water partition coefficient (Wildman–Crippen LogP) is 5.04. The lowest BCUT2D eigenvalue weighted by Gasteiger charge is -2.17. The number of hydrogen-bond donors (Lipinski definition) is 1. The number of hydrogen-bond acceptors (Lipinski definition) is 4. The molecule has 1 amide bonds. The Bertz CT molecular complexity index is 1100. The summed E-state index contributed by atoms with van der Waals surface area (Å²) < 4.78 is 19.0. The molecule has 4 rings (SSSR count). The highest BCUT2D eigenvalue weighted by Gasteiger charge is 2.29. The number of carbonyl (C=O) groups excluding carboxylic acids is 2. The molecule has 0 spiro atoms. The minimum atomic E-state index is -0.796. The second-order valence-electron chi connectivity index (χ2n) is 8.35. The van der Waals surface area contributed by atoms with Crippen molar-refractivity contribution in [2.75, 3.05) is 13.7 Å². The van der Waals surface area contributed by atoms with Gasteiger partial charge >= 0.3 is 6.09 Å². The number of benzene rings is 3. The molecule has 1 atom stereocenters. The van der Waals surface area contributed by atoms with Crippen LogP contribution >= 0.6 is 0 Å². The summed E-state index contributed by atoms with van der Waals surface area (Å²) in [6.07, 6.45) is -0.181. The highest BCUT2D eigenvalue weighted by molar-refractivity contribution is 5.81. The maximum atomic E-state index is 13.5. The van der Waals surface area contributed by atoms with Gasteiger partial charge in [-0.1, -0.05) is 72.8 Å². The highest BCUT2D eigenvalue weighted by atomic mass is 19.2. The normalized spacial score (nSPS) is 13.3. The Labute approximate surface area is 193 Å². The molecule has 0 saturated heterocycles. The number of Topliss-reactive ketones (excluding diaryl/α,β-unsaturated/α-hetero) is 1. The van der Waals surface area contributed by atoms with Crippen LogP contribution in [-0.4, -0.2) is 36.7 Å². The lowest BCUT2D eigenvalue weighted by Crippen LogP contribution is -2.33. The van der Waals surface area contributed by atoms with Gasteiger partial charge in [0.15, 0.2) is 0 Å². The van der Waals surface area contributed by atoms with Gasteiger partial charge in [0.1, 0.15) is 18.4 Å². The van der Waals surface area contributed by atoms with E-state index in [1.54, 1.807) is 0 Å². The molecule has 0 fully saturated rings. The van der Waals surface area contributed by atoms with Crippen molar-refractivity contribution in [3.8, 4) is 11.1 Å². The molecule has 0 aromatic heterocycles. The molecule has 0 radical (unpaired) electrons. The summed E-state index contributed by atoms with van der Waals surface area (Å²) >= 11 is 0. The van der Waals surface area contributed by atoms with E-state index >= 15 is 0 Å². The number of ether oxygens (including phenoxy) is 1. The molecule has 33 heavy (non-hydrogen) atoms. The number of nitrogens with one attached hydrogen (secondary N) is 1. The number of fused-ring (bicyclic) bond motifs is 3.